The number of carboxylic acids is 1. The number of nitrogens with one attached hydrogen (secondary N) is 1. The number of urea groups is 1. The molecule has 0 saturated heterocycles. The smallest absolute Gasteiger partial charge is 0.323 e. The summed E-state index contributed by atoms with van der Waals surface area (Å²) < 4.78 is 0. The average molecular weight is 272 g/mol. The van der Waals surface area contributed by atoms with Gasteiger partial charge in [0, 0.05) is 26.4 Å². The molecule has 1 unspecified atom stereocenters. The van der Waals surface area contributed by atoms with Gasteiger partial charge in [-0.3, -0.25) is 14.9 Å². The molecule has 0 heterocycles. The lowest BCUT2D eigenvalue weighted by Gasteiger charge is -2.17. The zero-order valence-corrected chi connectivity index (χ0v) is 11.9. The van der Waals surface area contributed by atoms with E-state index >= 15 is 0 Å². The lowest BCUT2D eigenvalue weighted by Crippen LogP contribution is -2.41. The number of rotatable bonds is 8. The van der Waals surface area contributed by atoms with E-state index in [2.05, 4.69) is 12.2 Å². The van der Waals surface area contributed by atoms with Crippen molar-refractivity contribution in [1.82, 2.24) is 10.2 Å². The van der Waals surface area contributed by atoms with Crippen molar-refractivity contribution >= 4 is 17.9 Å². The van der Waals surface area contributed by atoms with E-state index in [1.54, 1.807) is 14.0 Å². The number of aliphatic carboxylic acids is 1. The number of hydrogen-bond acceptors (Lipinski definition) is 3. The van der Waals surface area contributed by atoms with E-state index in [1.807, 2.05) is 0 Å². The van der Waals surface area contributed by atoms with Crippen LogP contribution in [0, 0.1) is 5.92 Å². The molecule has 1 atom stereocenters. The molecule has 6 nitrogen and oxygen atoms in total. The van der Waals surface area contributed by atoms with Crippen LogP contribution in [-0.2, 0) is 9.59 Å². The van der Waals surface area contributed by atoms with Crippen LogP contribution in [0.5, 0.6) is 0 Å². The van der Waals surface area contributed by atoms with E-state index in [0.29, 0.717) is 6.54 Å². The summed E-state index contributed by atoms with van der Waals surface area (Å²) in [5.74, 6) is -1.65. The van der Waals surface area contributed by atoms with Crippen molar-refractivity contribution in [3.63, 3.8) is 0 Å². The molecule has 0 bridgehead atoms. The van der Waals surface area contributed by atoms with Crippen molar-refractivity contribution in [3.8, 4) is 0 Å². The molecule has 0 aromatic carbocycles. The highest BCUT2D eigenvalue weighted by Gasteiger charge is 2.16. The van der Waals surface area contributed by atoms with Gasteiger partial charge in [-0.15, -0.1) is 0 Å². The third kappa shape index (κ3) is 9.04. The highest BCUT2D eigenvalue weighted by atomic mass is 16.4. The van der Waals surface area contributed by atoms with Crippen LogP contribution in [0.3, 0.4) is 0 Å². The van der Waals surface area contributed by atoms with Gasteiger partial charge in [-0.25, -0.2) is 4.79 Å². The van der Waals surface area contributed by atoms with Gasteiger partial charge in [0.15, 0.2) is 0 Å². The average Bonchev–Trinajstić information content (AvgIpc) is 2.27. The minimum atomic E-state index is -0.941. The summed E-state index contributed by atoms with van der Waals surface area (Å²) in [7, 11) is 1.64. The second kappa shape index (κ2) is 9.35. The number of carbonyl (C=O) groups excluding carboxylic acids is 2. The highest BCUT2D eigenvalue weighted by molar-refractivity contribution is 5.94. The molecule has 6 heteroatoms. The summed E-state index contributed by atoms with van der Waals surface area (Å²) in [6.07, 6.45) is 2.99. The van der Waals surface area contributed by atoms with Crippen LogP contribution in [0.2, 0.25) is 0 Å². The number of carbonyl (C=O) groups is 3. The lowest BCUT2D eigenvalue weighted by molar-refractivity contribution is -0.138. The molecule has 0 saturated carbocycles. The Balaban J connectivity index is 3.97. The minimum Gasteiger partial charge on any atom is -0.481 e. The summed E-state index contributed by atoms with van der Waals surface area (Å²) in [5, 5.41) is 10.8. The van der Waals surface area contributed by atoms with Gasteiger partial charge in [-0.1, -0.05) is 26.7 Å². The zero-order valence-electron chi connectivity index (χ0n) is 11.9. The van der Waals surface area contributed by atoms with E-state index in [9.17, 15) is 14.4 Å². The topological polar surface area (TPSA) is 86.7 Å². The first kappa shape index (κ1) is 17.4. The predicted molar refractivity (Wildman–Crippen MR) is 71.7 cm³/mol. The summed E-state index contributed by atoms with van der Waals surface area (Å²) in [4.78, 5) is 35.1. The van der Waals surface area contributed by atoms with Crippen molar-refractivity contribution in [2.24, 2.45) is 5.92 Å². The fourth-order valence-corrected chi connectivity index (χ4v) is 1.65. The van der Waals surface area contributed by atoms with Crippen LogP contribution >= 0.6 is 0 Å². The van der Waals surface area contributed by atoms with Gasteiger partial charge in [0.25, 0.3) is 0 Å². The first-order valence-electron chi connectivity index (χ1n) is 6.63. The van der Waals surface area contributed by atoms with Gasteiger partial charge in [-0.05, 0) is 12.3 Å². The number of amides is 3. The third-order valence-electron chi connectivity index (χ3n) is 2.75. The molecule has 3 amide bonds. The van der Waals surface area contributed by atoms with Gasteiger partial charge in [0.2, 0.25) is 5.91 Å². The predicted octanol–water partition coefficient (Wildman–Crippen LogP) is 1.85. The van der Waals surface area contributed by atoms with Crippen molar-refractivity contribution in [2.45, 2.75) is 46.0 Å². The van der Waals surface area contributed by atoms with Crippen LogP contribution in [0.25, 0.3) is 0 Å². The molecule has 19 heavy (non-hydrogen) atoms. The number of unbranched alkanes of at least 4 members (excludes halogenated alkanes) is 2. The first-order chi connectivity index (χ1) is 8.86. The number of imide groups is 1. The number of nitrogens with zero attached hydrogens (tertiary/aromatic N) is 1. The summed E-state index contributed by atoms with van der Waals surface area (Å²) >= 11 is 0. The fraction of sp³-hybridized carbons (Fsp3) is 0.769. The normalized spacial score (nSPS) is 11.7. The SMILES string of the molecule is CCCCCN(C)C(=O)NC(=O)CC(C)CC(=O)O. The Hall–Kier alpha value is -1.59. The number of hydrogen-bond donors (Lipinski definition) is 2. The lowest BCUT2D eigenvalue weighted by atomic mass is 10.0. The largest absolute Gasteiger partial charge is 0.481 e. The minimum absolute atomic E-state index is 0.0425. The Kier molecular flexibility index (Phi) is 8.57. The Bertz CT molecular complexity index is 318. The van der Waals surface area contributed by atoms with Crippen molar-refractivity contribution in [3.05, 3.63) is 0 Å². The Morgan fingerprint density at radius 1 is 1.21 bits per heavy atom. The molecule has 110 valence electrons. The molecular formula is C13H24N2O4. The standard InChI is InChI=1S/C13H24N2O4/c1-4-5-6-7-15(3)13(19)14-11(16)8-10(2)9-12(17)18/h10H,4-9H2,1-3H3,(H,17,18)(H,14,16,19). The van der Waals surface area contributed by atoms with Gasteiger partial charge >= 0.3 is 12.0 Å². The van der Waals surface area contributed by atoms with Gasteiger partial charge in [0.1, 0.15) is 0 Å². The molecular weight excluding hydrogens is 248 g/mol. The van der Waals surface area contributed by atoms with Gasteiger partial charge < -0.3 is 10.0 Å². The molecule has 0 aromatic heterocycles. The molecule has 0 fully saturated rings. The third-order valence-corrected chi connectivity index (χ3v) is 2.75. The maximum Gasteiger partial charge on any atom is 0.323 e. The first-order valence-corrected chi connectivity index (χ1v) is 6.63. The molecule has 0 spiro atoms. The molecule has 2 N–H and O–H groups in total. The van der Waals surface area contributed by atoms with Crippen molar-refractivity contribution < 1.29 is 19.5 Å². The zero-order chi connectivity index (χ0) is 14.8. The molecule has 0 aromatic rings. The summed E-state index contributed by atoms with van der Waals surface area (Å²) in [5.41, 5.74) is 0. The van der Waals surface area contributed by atoms with Crippen molar-refractivity contribution in [1.29, 1.82) is 0 Å². The second-order valence-corrected chi connectivity index (χ2v) is 4.89. The Labute approximate surface area is 114 Å². The van der Waals surface area contributed by atoms with E-state index in [4.69, 9.17) is 5.11 Å². The van der Waals surface area contributed by atoms with E-state index in [1.165, 1.54) is 4.90 Å². The van der Waals surface area contributed by atoms with Crippen LogP contribution < -0.4 is 5.32 Å². The fourth-order valence-electron chi connectivity index (χ4n) is 1.65. The molecule has 0 aliphatic rings. The number of carboxylic acid groups (broad SMARTS) is 1. The maximum absolute atomic E-state index is 11.6. The van der Waals surface area contributed by atoms with E-state index in [0.717, 1.165) is 19.3 Å². The molecule has 0 aliphatic heterocycles. The monoisotopic (exact) mass is 272 g/mol. The molecule has 0 aliphatic carbocycles. The quantitative estimate of drug-likeness (QED) is 0.660. The highest BCUT2D eigenvalue weighted by Crippen LogP contribution is 2.07. The Morgan fingerprint density at radius 3 is 2.37 bits per heavy atom. The summed E-state index contributed by atoms with van der Waals surface area (Å²) in [6, 6.07) is -0.427. The van der Waals surface area contributed by atoms with Crippen LogP contribution in [0.15, 0.2) is 0 Å². The van der Waals surface area contributed by atoms with Crippen molar-refractivity contribution in [2.75, 3.05) is 13.6 Å². The van der Waals surface area contributed by atoms with Crippen LogP contribution in [0.1, 0.15) is 46.0 Å². The van der Waals surface area contributed by atoms with E-state index in [-0.39, 0.29) is 18.8 Å². The molecule has 0 rings (SSSR count). The van der Waals surface area contributed by atoms with Crippen LogP contribution in [-0.4, -0.2) is 41.5 Å². The molecule has 0 radical (unpaired) electrons. The van der Waals surface area contributed by atoms with Crippen LogP contribution in [0.4, 0.5) is 4.79 Å². The maximum atomic E-state index is 11.6. The Morgan fingerprint density at radius 2 is 1.84 bits per heavy atom. The van der Waals surface area contributed by atoms with Gasteiger partial charge in [0.05, 0.1) is 0 Å². The van der Waals surface area contributed by atoms with E-state index < -0.39 is 17.9 Å². The second-order valence-electron chi connectivity index (χ2n) is 4.89. The summed E-state index contributed by atoms with van der Waals surface area (Å²) in [6.45, 7) is 4.36. The van der Waals surface area contributed by atoms with Gasteiger partial charge in [-0.2, -0.15) is 0 Å².